The number of carbonyl (C=O) groups is 1. The van der Waals surface area contributed by atoms with Crippen LogP contribution in [-0.2, 0) is 17.6 Å². The molecule has 2 aromatic rings. The largest absolute Gasteiger partial charge is 0.299 e. The Morgan fingerprint density at radius 3 is 1.27 bits per heavy atom. The van der Waals surface area contributed by atoms with Gasteiger partial charge in [-0.15, -0.1) is 0 Å². The Morgan fingerprint density at radius 1 is 0.682 bits per heavy atom. The summed E-state index contributed by atoms with van der Waals surface area (Å²) in [6.45, 7) is 8.73. The van der Waals surface area contributed by atoms with Gasteiger partial charge in [0.25, 0.3) is 0 Å². The number of hydrogen-bond donors (Lipinski definition) is 0. The van der Waals surface area contributed by atoms with Crippen molar-refractivity contribution in [1.29, 1.82) is 0 Å². The molecule has 0 fully saturated rings. The van der Waals surface area contributed by atoms with E-state index in [1.165, 1.54) is 11.1 Å². The maximum atomic E-state index is 12.2. The van der Waals surface area contributed by atoms with Gasteiger partial charge in [0.15, 0.2) is 0 Å². The Hall–Kier alpha value is -1.89. The number of carbonyl (C=O) groups excluding carboxylic acids is 1. The second kappa shape index (κ2) is 7.40. The van der Waals surface area contributed by atoms with E-state index in [0.717, 1.165) is 11.1 Å². The van der Waals surface area contributed by atoms with Crippen LogP contribution in [0.5, 0.6) is 0 Å². The molecule has 0 saturated heterocycles. The molecule has 0 aliphatic heterocycles. The van der Waals surface area contributed by atoms with Gasteiger partial charge in [-0.05, 0) is 34.1 Å². The van der Waals surface area contributed by atoms with Crippen molar-refractivity contribution in [2.75, 3.05) is 0 Å². The summed E-state index contributed by atoms with van der Waals surface area (Å²) in [5, 5.41) is 0. The maximum absolute atomic E-state index is 12.2. The minimum Gasteiger partial charge on any atom is -0.299 e. The lowest BCUT2D eigenvalue weighted by molar-refractivity contribution is -0.117. The third-order valence-electron chi connectivity index (χ3n) is 4.10. The van der Waals surface area contributed by atoms with Gasteiger partial charge in [-0.2, -0.15) is 0 Å². The van der Waals surface area contributed by atoms with E-state index < -0.39 is 0 Å². The fourth-order valence-corrected chi connectivity index (χ4v) is 2.56. The molecule has 0 radical (unpaired) electrons. The van der Waals surface area contributed by atoms with E-state index in [9.17, 15) is 4.79 Å². The van der Waals surface area contributed by atoms with Gasteiger partial charge >= 0.3 is 0 Å². The van der Waals surface area contributed by atoms with Crippen molar-refractivity contribution in [1.82, 2.24) is 0 Å². The van der Waals surface area contributed by atoms with Crippen molar-refractivity contribution >= 4 is 5.78 Å². The van der Waals surface area contributed by atoms with Crippen LogP contribution in [0.4, 0.5) is 0 Å². The van der Waals surface area contributed by atoms with Crippen LogP contribution < -0.4 is 0 Å². The molecule has 0 aliphatic rings. The van der Waals surface area contributed by atoms with Gasteiger partial charge in [0, 0.05) is 12.8 Å². The molecule has 0 heterocycles. The maximum Gasteiger partial charge on any atom is 0.141 e. The van der Waals surface area contributed by atoms with Gasteiger partial charge in [0.05, 0.1) is 0 Å². The summed E-state index contributed by atoms with van der Waals surface area (Å²) in [5.41, 5.74) is 4.85. The fourth-order valence-electron chi connectivity index (χ4n) is 2.56. The van der Waals surface area contributed by atoms with Gasteiger partial charge in [0.2, 0.25) is 0 Å². The third kappa shape index (κ3) is 4.56. The van der Waals surface area contributed by atoms with E-state index in [4.69, 9.17) is 0 Å². The summed E-state index contributed by atoms with van der Waals surface area (Å²) >= 11 is 0. The summed E-state index contributed by atoms with van der Waals surface area (Å²) in [6, 6.07) is 16.8. The summed E-state index contributed by atoms with van der Waals surface area (Å²) in [7, 11) is 0. The number of ketones is 1. The highest BCUT2D eigenvalue weighted by Gasteiger charge is 2.07. The Kier molecular flexibility index (Phi) is 5.54. The molecule has 1 nitrogen and oxygen atoms in total. The lowest BCUT2D eigenvalue weighted by atomic mass is 9.97. The van der Waals surface area contributed by atoms with Crippen molar-refractivity contribution in [2.45, 2.75) is 52.4 Å². The van der Waals surface area contributed by atoms with Gasteiger partial charge in [-0.1, -0.05) is 76.2 Å². The standard InChI is InChI=1S/C21H26O/c1-15(2)19-9-5-17(6-10-19)13-21(22)14-18-7-11-20(12-8-18)16(3)4/h5-12,15-16H,13-14H2,1-4H3. The van der Waals surface area contributed by atoms with Crippen LogP contribution in [0.3, 0.4) is 0 Å². The van der Waals surface area contributed by atoms with Gasteiger partial charge in [-0.3, -0.25) is 4.79 Å². The minimum absolute atomic E-state index is 0.273. The molecule has 0 aromatic heterocycles. The predicted molar refractivity (Wildman–Crippen MR) is 93.5 cm³/mol. The molecule has 0 unspecified atom stereocenters. The Morgan fingerprint density at radius 2 is 1.00 bits per heavy atom. The Labute approximate surface area is 134 Å². The number of benzene rings is 2. The quantitative estimate of drug-likeness (QED) is 0.707. The molecule has 0 bridgehead atoms. The fraction of sp³-hybridized carbons (Fsp3) is 0.381. The summed E-state index contributed by atoms with van der Waals surface area (Å²) in [5.74, 6) is 1.34. The molecule has 0 amide bonds. The summed E-state index contributed by atoms with van der Waals surface area (Å²) in [6.07, 6.45) is 1.04. The minimum atomic E-state index is 0.273. The second-order valence-corrected chi connectivity index (χ2v) is 6.68. The predicted octanol–water partition coefficient (Wildman–Crippen LogP) is 5.29. The molecule has 1 heteroatoms. The van der Waals surface area contributed by atoms with E-state index in [1.807, 2.05) is 0 Å². The van der Waals surface area contributed by atoms with Crippen LogP contribution in [0, 0.1) is 0 Å². The lowest BCUT2D eigenvalue weighted by Crippen LogP contribution is -2.06. The number of hydrogen-bond acceptors (Lipinski definition) is 1. The van der Waals surface area contributed by atoms with Gasteiger partial charge in [-0.25, -0.2) is 0 Å². The highest BCUT2D eigenvalue weighted by molar-refractivity contribution is 5.83. The van der Waals surface area contributed by atoms with Crippen LogP contribution in [0.25, 0.3) is 0 Å². The van der Waals surface area contributed by atoms with E-state index in [2.05, 4.69) is 76.2 Å². The molecule has 22 heavy (non-hydrogen) atoms. The van der Waals surface area contributed by atoms with E-state index in [1.54, 1.807) is 0 Å². The zero-order valence-corrected chi connectivity index (χ0v) is 14.1. The average molecular weight is 294 g/mol. The molecule has 2 aromatic carbocycles. The lowest BCUT2D eigenvalue weighted by Gasteiger charge is -2.08. The van der Waals surface area contributed by atoms with Crippen molar-refractivity contribution < 1.29 is 4.79 Å². The topological polar surface area (TPSA) is 17.1 Å². The van der Waals surface area contributed by atoms with Crippen molar-refractivity contribution in [2.24, 2.45) is 0 Å². The Balaban J connectivity index is 1.94. The molecular weight excluding hydrogens is 268 g/mol. The van der Waals surface area contributed by atoms with E-state index >= 15 is 0 Å². The van der Waals surface area contributed by atoms with Crippen molar-refractivity contribution in [3.63, 3.8) is 0 Å². The van der Waals surface area contributed by atoms with Crippen LogP contribution in [0.1, 0.15) is 61.8 Å². The number of Topliss-reactive ketones (excluding diaryl/α,β-unsaturated/α-hetero) is 1. The molecule has 0 saturated carbocycles. The van der Waals surface area contributed by atoms with Crippen LogP contribution in [0.15, 0.2) is 48.5 Å². The summed E-state index contributed by atoms with van der Waals surface area (Å²) < 4.78 is 0. The highest BCUT2D eigenvalue weighted by Crippen LogP contribution is 2.17. The van der Waals surface area contributed by atoms with Gasteiger partial charge < -0.3 is 0 Å². The average Bonchev–Trinajstić information content (AvgIpc) is 2.48. The van der Waals surface area contributed by atoms with Crippen molar-refractivity contribution in [3.05, 3.63) is 70.8 Å². The summed E-state index contributed by atoms with van der Waals surface area (Å²) in [4.78, 5) is 12.2. The van der Waals surface area contributed by atoms with Gasteiger partial charge in [0.1, 0.15) is 5.78 Å². The monoisotopic (exact) mass is 294 g/mol. The molecule has 116 valence electrons. The molecule has 2 rings (SSSR count). The second-order valence-electron chi connectivity index (χ2n) is 6.68. The molecular formula is C21H26O. The van der Waals surface area contributed by atoms with Crippen LogP contribution in [0.2, 0.25) is 0 Å². The zero-order chi connectivity index (χ0) is 16.1. The highest BCUT2D eigenvalue weighted by atomic mass is 16.1. The third-order valence-corrected chi connectivity index (χ3v) is 4.10. The zero-order valence-electron chi connectivity index (χ0n) is 14.1. The molecule has 0 atom stereocenters. The van der Waals surface area contributed by atoms with Crippen LogP contribution >= 0.6 is 0 Å². The molecule has 0 aliphatic carbocycles. The van der Waals surface area contributed by atoms with Crippen molar-refractivity contribution in [3.8, 4) is 0 Å². The normalized spacial score (nSPS) is 11.2. The first-order valence-corrected chi connectivity index (χ1v) is 8.15. The van der Waals surface area contributed by atoms with E-state index in [-0.39, 0.29) is 5.78 Å². The smallest absolute Gasteiger partial charge is 0.141 e. The number of rotatable bonds is 6. The van der Waals surface area contributed by atoms with Crippen LogP contribution in [-0.4, -0.2) is 5.78 Å². The first kappa shape index (κ1) is 16.5. The SMILES string of the molecule is CC(C)c1ccc(CC(=O)Cc2ccc(C(C)C)cc2)cc1. The molecule has 0 spiro atoms. The first-order chi connectivity index (χ1) is 10.5. The molecule has 0 N–H and O–H groups in total. The van der Waals surface area contributed by atoms with E-state index in [0.29, 0.717) is 24.7 Å². The Bertz CT molecular complexity index is 548. The first-order valence-electron chi connectivity index (χ1n) is 8.15.